The molecule has 2 rings (SSSR count). The van der Waals surface area contributed by atoms with Crippen molar-refractivity contribution < 1.29 is 14.4 Å². The largest absolute Gasteiger partial charge is 0.478 e. The molecule has 2 aromatic heterocycles. The lowest BCUT2D eigenvalue weighted by Gasteiger charge is -2.04. The zero-order chi connectivity index (χ0) is 12.6. The van der Waals surface area contributed by atoms with Gasteiger partial charge in [-0.15, -0.1) is 0 Å². The molecule has 0 aliphatic heterocycles. The Morgan fingerprint density at radius 3 is 2.71 bits per heavy atom. The van der Waals surface area contributed by atoms with Crippen molar-refractivity contribution in [3.8, 4) is 11.1 Å². The molecule has 0 bridgehead atoms. The Bertz CT molecular complexity index is 620. The molecular weight excluding hydrogens is 224 g/mol. The number of carbonyl (C=O) groups is 1. The first-order chi connectivity index (χ1) is 8.00. The quantitative estimate of drug-likeness (QED) is 0.817. The van der Waals surface area contributed by atoms with E-state index in [2.05, 4.69) is 10.1 Å². The highest BCUT2D eigenvalue weighted by Crippen LogP contribution is 2.28. The van der Waals surface area contributed by atoms with E-state index in [4.69, 9.17) is 9.63 Å². The molecule has 6 nitrogen and oxygen atoms in total. The smallest absolute Gasteiger partial charge is 0.336 e. The number of rotatable bonds is 2. The van der Waals surface area contributed by atoms with E-state index in [-0.39, 0.29) is 5.56 Å². The molecule has 0 saturated carbocycles. The summed E-state index contributed by atoms with van der Waals surface area (Å²) < 4.78 is 4.98. The Balaban J connectivity index is 2.76. The fourth-order valence-corrected chi connectivity index (χ4v) is 1.72. The molecule has 0 saturated heterocycles. The summed E-state index contributed by atoms with van der Waals surface area (Å²) in [5.41, 5.74) is 1.05. The van der Waals surface area contributed by atoms with Crippen molar-refractivity contribution in [3.05, 3.63) is 39.6 Å². The number of nitrogens with zero attached hydrogens (tertiary/aromatic N) is 1. The molecule has 0 radical (unpaired) electrons. The third kappa shape index (κ3) is 1.84. The molecule has 0 spiro atoms. The topological polar surface area (TPSA) is 96.2 Å². The van der Waals surface area contributed by atoms with Crippen LogP contribution < -0.4 is 5.56 Å². The molecule has 88 valence electrons. The maximum atomic E-state index is 11.1. The van der Waals surface area contributed by atoms with Gasteiger partial charge >= 0.3 is 5.97 Å². The number of aromatic amines is 1. The summed E-state index contributed by atoms with van der Waals surface area (Å²) in [4.78, 5) is 24.7. The second-order valence-corrected chi connectivity index (χ2v) is 3.63. The van der Waals surface area contributed by atoms with Crippen molar-refractivity contribution in [1.29, 1.82) is 0 Å². The maximum absolute atomic E-state index is 11.1. The number of hydrogen-bond acceptors (Lipinski definition) is 4. The first-order valence-electron chi connectivity index (χ1n) is 4.90. The molecule has 2 aromatic rings. The molecule has 0 aromatic carbocycles. The summed E-state index contributed by atoms with van der Waals surface area (Å²) >= 11 is 0. The van der Waals surface area contributed by atoms with Gasteiger partial charge in [0.05, 0.1) is 11.3 Å². The van der Waals surface area contributed by atoms with E-state index in [1.807, 2.05) is 0 Å². The molecule has 2 heterocycles. The fraction of sp³-hybridized carbons (Fsp3) is 0.182. The number of H-pyrrole nitrogens is 1. The zero-order valence-electron chi connectivity index (χ0n) is 9.27. The molecule has 2 N–H and O–H groups in total. The van der Waals surface area contributed by atoms with Gasteiger partial charge in [-0.2, -0.15) is 0 Å². The first kappa shape index (κ1) is 11.1. The van der Waals surface area contributed by atoms with Gasteiger partial charge in [0.15, 0.2) is 0 Å². The number of aromatic carboxylic acids is 1. The number of pyridine rings is 1. The summed E-state index contributed by atoms with van der Waals surface area (Å²) in [7, 11) is 0. The van der Waals surface area contributed by atoms with E-state index in [0.717, 1.165) is 6.07 Å². The van der Waals surface area contributed by atoms with E-state index in [9.17, 15) is 9.59 Å². The Labute approximate surface area is 95.9 Å². The van der Waals surface area contributed by atoms with Crippen LogP contribution in [0.5, 0.6) is 0 Å². The zero-order valence-corrected chi connectivity index (χ0v) is 9.27. The van der Waals surface area contributed by atoms with Crippen LogP contribution in [0.2, 0.25) is 0 Å². The summed E-state index contributed by atoms with van der Waals surface area (Å²) in [5.74, 6) is -0.650. The molecule has 0 unspecified atom stereocenters. The second-order valence-electron chi connectivity index (χ2n) is 3.63. The maximum Gasteiger partial charge on any atom is 0.336 e. The average Bonchev–Trinajstić information content (AvgIpc) is 2.59. The molecule has 0 aliphatic rings. The van der Waals surface area contributed by atoms with Crippen LogP contribution >= 0.6 is 0 Å². The van der Waals surface area contributed by atoms with Crippen molar-refractivity contribution in [3.63, 3.8) is 0 Å². The van der Waals surface area contributed by atoms with Crippen molar-refractivity contribution in [1.82, 2.24) is 10.1 Å². The second kappa shape index (κ2) is 3.89. The minimum absolute atomic E-state index is 0.0665. The number of nitrogens with one attached hydrogen (secondary N) is 1. The van der Waals surface area contributed by atoms with E-state index < -0.39 is 11.5 Å². The fourth-order valence-electron chi connectivity index (χ4n) is 1.72. The van der Waals surface area contributed by atoms with E-state index in [1.165, 1.54) is 6.20 Å². The molecule has 6 heteroatoms. The van der Waals surface area contributed by atoms with Crippen LogP contribution in [-0.2, 0) is 0 Å². The molecule has 0 aliphatic carbocycles. The van der Waals surface area contributed by atoms with Crippen LogP contribution in [0, 0.1) is 13.8 Å². The average molecular weight is 234 g/mol. The Hall–Kier alpha value is -2.37. The van der Waals surface area contributed by atoms with Gasteiger partial charge in [-0.3, -0.25) is 4.79 Å². The van der Waals surface area contributed by atoms with E-state index >= 15 is 0 Å². The molecular formula is C11H10N2O4. The van der Waals surface area contributed by atoms with Gasteiger partial charge < -0.3 is 14.6 Å². The highest BCUT2D eigenvalue weighted by atomic mass is 16.5. The van der Waals surface area contributed by atoms with Gasteiger partial charge in [-0.1, -0.05) is 5.16 Å². The van der Waals surface area contributed by atoms with Gasteiger partial charge in [0.1, 0.15) is 5.76 Å². The van der Waals surface area contributed by atoms with Crippen LogP contribution in [0.4, 0.5) is 0 Å². The van der Waals surface area contributed by atoms with Crippen molar-refractivity contribution in [2.75, 3.05) is 0 Å². The summed E-state index contributed by atoms with van der Waals surface area (Å²) in [5, 5.41) is 12.8. The van der Waals surface area contributed by atoms with Gasteiger partial charge in [-0.05, 0) is 13.8 Å². The van der Waals surface area contributed by atoms with E-state index in [0.29, 0.717) is 22.6 Å². The third-order valence-corrected chi connectivity index (χ3v) is 2.46. The van der Waals surface area contributed by atoms with Crippen molar-refractivity contribution >= 4 is 5.97 Å². The van der Waals surface area contributed by atoms with Crippen molar-refractivity contribution in [2.45, 2.75) is 13.8 Å². The Kier molecular flexibility index (Phi) is 2.55. The number of hydrogen-bond donors (Lipinski definition) is 2. The molecule has 0 fully saturated rings. The lowest BCUT2D eigenvalue weighted by molar-refractivity contribution is 0.0697. The van der Waals surface area contributed by atoms with Gasteiger partial charge in [0.2, 0.25) is 5.56 Å². The molecule has 0 atom stereocenters. The van der Waals surface area contributed by atoms with Crippen LogP contribution in [0.1, 0.15) is 21.8 Å². The van der Waals surface area contributed by atoms with Gasteiger partial charge in [0, 0.05) is 23.4 Å². The van der Waals surface area contributed by atoms with Crippen LogP contribution in [-0.4, -0.2) is 21.2 Å². The van der Waals surface area contributed by atoms with Crippen LogP contribution in [0.3, 0.4) is 0 Å². The summed E-state index contributed by atoms with van der Waals surface area (Å²) in [6, 6.07) is 1.05. The normalized spacial score (nSPS) is 10.5. The third-order valence-electron chi connectivity index (χ3n) is 2.46. The predicted molar refractivity (Wildman–Crippen MR) is 59.0 cm³/mol. The Morgan fingerprint density at radius 1 is 1.47 bits per heavy atom. The predicted octanol–water partition coefficient (Wildman–Crippen LogP) is 1.34. The number of carboxylic acid groups (broad SMARTS) is 1. The standard InChI is InChI=1S/C11H10N2O4/c1-5-10(6(2)17-13-5)8-4-12-9(14)3-7(8)11(15)16/h3-4H,1-2H3,(H,12,14)(H,15,16). The molecule has 17 heavy (non-hydrogen) atoms. The monoisotopic (exact) mass is 234 g/mol. The lowest BCUT2D eigenvalue weighted by atomic mass is 10.0. The molecule has 0 amide bonds. The lowest BCUT2D eigenvalue weighted by Crippen LogP contribution is -2.10. The van der Waals surface area contributed by atoms with Gasteiger partial charge in [-0.25, -0.2) is 4.79 Å². The number of carboxylic acids is 1. The number of aryl methyl sites for hydroxylation is 2. The highest BCUT2D eigenvalue weighted by Gasteiger charge is 2.19. The minimum Gasteiger partial charge on any atom is -0.478 e. The Morgan fingerprint density at radius 2 is 2.18 bits per heavy atom. The number of aromatic nitrogens is 2. The van der Waals surface area contributed by atoms with Gasteiger partial charge in [0.25, 0.3) is 0 Å². The minimum atomic E-state index is -1.16. The first-order valence-corrected chi connectivity index (χ1v) is 4.90. The van der Waals surface area contributed by atoms with E-state index in [1.54, 1.807) is 13.8 Å². The highest BCUT2D eigenvalue weighted by molar-refractivity contribution is 5.96. The van der Waals surface area contributed by atoms with Crippen LogP contribution in [0.25, 0.3) is 11.1 Å². The summed E-state index contributed by atoms with van der Waals surface area (Å²) in [6.07, 6.45) is 1.36. The summed E-state index contributed by atoms with van der Waals surface area (Å²) in [6.45, 7) is 3.40. The van der Waals surface area contributed by atoms with Crippen LogP contribution in [0.15, 0.2) is 21.6 Å². The SMILES string of the molecule is Cc1noc(C)c1-c1c[nH]c(=O)cc1C(=O)O. The van der Waals surface area contributed by atoms with Crippen molar-refractivity contribution in [2.24, 2.45) is 0 Å².